The van der Waals surface area contributed by atoms with Gasteiger partial charge in [0.25, 0.3) is 0 Å². The van der Waals surface area contributed by atoms with E-state index in [-0.39, 0.29) is 10.8 Å². The van der Waals surface area contributed by atoms with Crippen molar-refractivity contribution in [3.63, 3.8) is 0 Å². The Bertz CT molecular complexity index is 1390. The van der Waals surface area contributed by atoms with E-state index in [1.165, 1.54) is 12.1 Å². The summed E-state index contributed by atoms with van der Waals surface area (Å²) < 4.78 is 60.3. The average Bonchev–Trinajstić information content (AvgIpc) is 2.73. The van der Waals surface area contributed by atoms with Crippen LogP contribution in [0.3, 0.4) is 0 Å². The number of benzene rings is 4. The molecule has 0 aromatic heterocycles. The van der Waals surface area contributed by atoms with Crippen LogP contribution in [0.5, 0.6) is 5.75 Å². The second kappa shape index (κ2) is 8.60. The third kappa shape index (κ3) is 4.40. The van der Waals surface area contributed by atoms with E-state index in [2.05, 4.69) is 0 Å². The number of carbonyl (C=O) groups excluding carboxylic acids is 1. The Labute approximate surface area is 194 Å². The summed E-state index contributed by atoms with van der Waals surface area (Å²) in [6.07, 6.45) is -4.66. The Morgan fingerprint density at radius 3 is 1.97 bits per heavy atom. The maximum Gasteiger partial charge on any atom is 0.417 e. The molecular weight excluding hydrogens is 444 g/mol. The summed E-state index contributed by atoms with van der Waals surface area (Å²) in [6, 6.07) is 16.0. The second-order valence-electron chi connectivity index (χ2n) is 8.48. The normalized spacial score (nSPS) is 11.6. The van der Waals surface area contributed by atoms with E-state index < -0.39 is 29.1 Å². The molecule has 0 heterocycles. The summed E-state index contributed by atoms with van der Waals surface area (Å²) in [6.45, 7) is 6.80. The molecule has 4 aromatic rings. The highest BCUT2D eigenvalue weighted by molar-refractivity contribution is 5.94. The van der Waals surface area contributed by atoms with Crippen LogP contribution in [-0.2, 0) is 6.18 Å². The molecule has 34 heavy (non-hydrogen) atoms. The number of halogens is 4. The molecule has 0 N–H and O–H groups in total. The third-order valence-electron chi connectivity index (χ3n) is 5.90. The fourth-order valence-electron chi connectivity index (χ4n) is 4.40. The molecule has 2 nitrogen and oxygen atoms in total. The second-order valence-corrected chi connectivity index (χ2v) is 8.48. The number of aryl methyl sites for hydroxylation is 3. The largest absolute Gasteiger partial charge is 0.423 e. The highest BCUT2D eigenvalue weighted by atomic mass is 19.4. The standard InChI is InChI=1S/C28H22F4O2/c1-15-11-16(2)25(17(3)12-15)27(33)34-22-8-5-19(6-9-22)20-7-10-23-21(13-20)14-24(29)18(4)26(23)28(30,31)32/h5-14H,1-4H3. The van der Waals surface area contributed by atoms with Crippen molar-refractivity contribution in [1.29, 1.82) is 0 Å². The number of alkyl halides is 3. The van der Waals surface area contributed by atoms with Gasteiger partial charge in [-0.3, -0.25) is 0 Å². The van der Waals surface area contributed by atoms with E-state index >= 15 is 0 Å². The minimum absolute atomic E-state index is 0.0514. The average molecular weight is 466 g/mol. The van der Waals surface area contributed by atoms with Crippen molar-refractivity contribution < 1.29 is 27.1 Å². The molecule has 0 aliphatic carbocycles. The topological polar surface area (TPSA) is 26.3 Å². The van der Waals surface area contributed by atoms with Gasteiger partial charge in [-0.2, -0.15) is 13.2 Å². The fraction of sp³-hybridized carbons (Fsp3) is 0.179. The van der Waals surface area contributed by atoms with E-state index in [1.807, 2.05) is 32.9 Å². The number of esters is 1. The van der Waals surface area contributed by atoms with Gasteiger partial charge in [-0.05, 0) is 90.6 Å². The summed E-state index contributed by atoms with van der Waals surface area (Å²) in [5.41, 5.74) is 3.17. The SMILES string of the molecule is Cc1cc(C)c(C(=O)Oc2ccc(-c3ccc4c(C(F)(F)F)c(C)c(F)cc4c3)cc2)c(C)c1. The van der Waals surface area contributed by atoms with Crippen LogP contribution in [0.4, 0.5) is 17.6 Å². The van der Waals surface area contributed by atoms with Crippen LogP contribution in [0.25, 0.3) is 21.9 Å². The van der Waals surface area contributed by atoms with Gasteiger partial charge >= 0.3 is 12.1 Å². The summed E-state index contributed by atoms with van der Waals surface area (Å²) >= 11 is 0. The molecule has 0 saturated heterocycles. The molecule has 0 fully saturated rings. The van der Waals surface area contributed by atoms with Crippen molar-refractivity contribution in [3.8, 4) is 16.9 Å². The Morgan fingerprint density at radius 1 is 0.794 bits per heavy atom. The van der Waals surface area contributed by atoms with Gasteiger partial charge in [0.15, 0.2) is 0 Å². The van der Waals surface area contributed by atoms with Gasteiger partial charge in [-0.15, -0.1) is 0 Å². The number of hydrogen-bond donors (Lipinski definition) is 0. The smallest absolute Gasteiger partial charge is 0.417 e. The van der Waals surface area contributed by atoms with Gasteiger partial charge in [-0.1, -0.05) is 42.0 Å². The van der Waals surface area contributed by atoms with E-state index in [0.29, 0.717) is 22.4 Å². The third-order valence-corrected chi connectivity index (χ3v) is 5.90. The number of carbonyl (C=O) groups is 1. The zero-order valence-corrected chi connectivity index (χ0v) is 19.1. The van der Waals surface area contributed by atoms with Crippen molar-refractivity contribution in [2.75, 3.05) is 0 Å². The lowest BCUT2D eigenvalue weighted by Gasteiger charge is -2.15. The minimum atomic E-state index is -4.66. The Hall–Kier alpha value is -3.67. The van der Waals surface area contributed by atoms with Crippen LogP contribution in [0.1, 0.15) is 38.2 Å². The van der Waals surface area contributed by atoms with Crippen LogP contribution in [0, 0.1) is 33.5 Å². The molecule has 0 aliphatic heterocycles. The summed E-state index contributed by atoms with van der Waals surface area (Å²) in [5, 5.41) is 0.110. The van der Waals surface area contributed by atoms with Crippen molar-refractivity contribution >= 4 is 16.7 Å². The number of ether oxygens (including phenoxy) is 1. The predicted octanol–water partition coefficient (Wildman–Crippen LogP) is 8.12. The Balaban J connectivity index is 1.64. The monoisotopic (exact) mass is 466 g/mol. The van der Waals surface area contributed by atoms with Gasteiger partial charge < -0.3 is 4.74 Å². The molecule has 0 radical (unpaired) electrons. The lowest BCUT2D eigenvalue weighted by molar-refractivity contribution is -0.136. The zero-order chi connectivity index (χ0) is 24.8. The molecule has 0 aliphatic rings. The van der Waals surface area contributed by atoms with Crippen molar-refractivity contribution in [3.05, 3.63) is 99.9 Å². The van der Waals surface area contributed by atoms with Gasteiger partial charge in [0, 0.05) is 0 Å². The summed E-state index contributed by atoms with van der Waals surface area (Å²) in [7, 11) is 0. The van der Waals surface area contributed by atoms with Crippen LogP contribution in [0.2, 0.25) is 0 Å². The van der Waals surface area contributed by atoms with Crippen LogP contribution < -0.4 is 4.74 Å². The van der Waals surface area contributed by atoms with Crippen molar-refractivity contribution in [2.45, 2.75) is 33.9 Å². The molecule has 0 bridgehead atoms. The number of hydrogen-bond acceptors (Lipinski definition) is 2. The minimum Gasteiger partial charge on any atom is -0.423 e. The summed E-state index contributed by atoms with van der Waals surface area (Å²) in [4.78, 5) is 12.7. The van der Waals surface area contributed by atoms with Gasteiger partial charge in [0.1, 0.15) is 11.6 Å². The van der Waals surface area contributed by atoms with Crippen molar-refractivity contribution in [2.24, 2.45) is 0 Å². The van der Waals surface area contributed by atoms with Crippen molar-refractivity contribution in [1.82, 2.24) is 0 Å². The first-order valence-electron chi connectivity index (χ1n) is 10.7. The first kappa shape index (κ1) is 23.5. The number of rotatable bonds is 3. The zero-order valence-electron chi connectivity index (χ0n) is 19.1. The molecule has 4 rings (SSSR count). The van der Waals surface area contributed by atoms with Crippen LogP contribution in [0.15, 0.2) is 60.7 Å². The molecular formula is C28H22F4O2. The van der Waals surface area contributed by atoms with Gasteiger partial charge in [0.2, 0.25) is 0 Å². The highest BCUT2D eigenvalue weighted by Crippen LogP contribution is 2.39. The molecule has 0 atom stereocenters. The highest BCUT2D eigenvalue weighted by Gasteiger charge is 2.35. The lowest BCUT2D eigenvalue weighted by Crippen LogP contribution is -2.12. The lowest BCUT2D eigenvalue weighted by atomic mass is 9.95. The fourth-order valence-corrected chi connectivity index (χ4v) is 4.40. The van der Waals surface area contributed by atoms with Crippen LogP contribution in [-0.4, -0.2) is 5.97 Å². The van der Waals surface area contributed by atoms with Gasteiger partial charge in [-0.25, -0.2) is 9.18 Å². The Morgan fingerprint density at radius 2 is 1.38 bits per heavy atom. The maximum atomic E-state index is 14.2. The molecule has 0 saturated carbocycles. The first-order valence-corrected chi connectivity index (χ1v) is 10.7. The summed E-state index contributed by atoms with van der Waals surface area (Å²) in [5.74, 6) is -1.02. The van der Waals surface area contributed by atoms with E-state index in [4.69, 9.17) is 4.74 Å². The van der Waals surface area contributed by atoms with E-state index in [0.717, 1.165) is 29.7 Å². The van der Waals surface area contributed by atoms with E-state index in [1.54, 1.807) is 30.3 Å². The van der Waals surface area contributed by atoms with E-state index in [9.17, 15) is 22.4 Å². The number of fused-ring (bicyclic) bond motifs is 1. The Kier molecular flexibility index (Phi) is 5.94. The first-order chi connectivity index (χ1) is 16.0. The molecule has 0 amide bonds. The van der Waals surface area contributed by atoms with Gasteiger partial charge in [0.05, 0.1) is 11.1 Å². The molecule has 0 spiro atoms. The maximum absolute atomic E-state index is 14.2. The quantitative estimate of drug-likeness (QED) is 0.173. The molecule has 0 unspecified atom stereocenters. The molecule has 6 heteroatoms. The predicted molar refractivity (Wildman–Crippen MR) is 125 cm³/mol. The van der Waals surface area contributed by atoms with Crippen LogP contribution >= 0.6 is 0 Å². The molecule has 174 valence electrons. The molecule has 4 aromatic carbocycles.